The van der Waals surface area contributed by atoms with Crippen molar-refractivity contribution in [3.8, 4) is 11.5 Å². The summed E-state index contributed by atoms with van der Waals surface area (Å²) in [5, 5.41) is 11.3. The Morgan fingerprint density at radius 3 is 2.73 bits per heavy atom. The number of urea groups is 1. The number of anilines is 1. The van der Waals surface area contributed by atoms with E-state index in [0.29, 0.717) is 23.9 Å². The quantitative estimate of drug-likeness (QED) is 0.773. The van der Waals surface area contributed by atoms with Gasteiger partial charge in [0.15, 0.2) is 5.82 Å². The van der Waals surface area contributed by atoms with Gasteiger partial charge in [-0.3, -0.25) is 0 Å². The number of aryl methyl sites for hydroxylation is 1. The third-order valence-electron chi connectivity index (χ3n) is 2.92. The summed E-state index contributed by atoms with van der Waals surface area (Å²) >= 11 is 1.61. The summed E-state index contributed by atoms with van der Waals surface area (Å²) in [7, 11) is 0. The lowest BCUT2D eigenvalue weighted by Gasteiger charge is -2.07. The Morgan fingerprint density at radius 2 is 2.09 bits per heavy atom. The number of amides is 2. The van der Waals surface area contributed by atoms with Crippen LogP contribution in [0, 0.1) is 6.92 Å². The van der Waals surface area contributed by atoms with E-state index in [9.17, 15) is 4.79 Å². The van der Waals surface area contributed by atoms with Crippen LogP contribution in [0.3, 0.4) is 0 Å². The van der Waals surface area contributed by atoms with Gasteiger partial charge in [-0.05, 0) is 42.6 Å². The van der Waals surface area contributed by atoms with Crippen molar-refractivity contribution < 1.29 is 9.32 Å². The molecule has 2 N–H and O–H groups in total. The minimum Gasteiger partial charge on any atom is -0.334 e. The molecule has 112 valence electrons. The van der Waals surface area contributed by atoms with E-state index in [0.717, 1.165) is 10.4 Å². The first-order valence-corrected chi connectivity index (χ1v) is 7.56. The highest BCUT2D eigenvalue weighted by molar-refractivity contribution is 7.09. The van der Waals surface area contributed by atoms with E-state index in [1.807, 2.05) is 29.6 Å². The second-order valence-electron chi connectivity index (χ2n) is 4.61. The number of hydrogen-bond acceptors (Lipinski definition) is 5. The Bertz CT molecular complexity index is 750. The summed E-state index contributed by atoms with van der Waals surface area (Å²) < 4.78 is 5.09. The molecule has 7 heteroatoms. The largest absolute Gasteiger partial charge is 0.334 e. The van der Waals surface area contributed by atoms with Gasteiger partial charge in [-0.25, -0.2) is 4.79 Å². The summed E-state index contributed by atoms with van der Waals surface area (Å²) in [6.45, 7) is 2.28. The molecule has 1 aromatic carbocycles. The lowest BCUT2D eigenvalue weighted by molar-refractivity contribution is 0.252. The molecule has 22 heavy (non-hydrogen) atoms. The molecule has 0 fully saturated rings. The molecular weight excluding hydrogens is 300 g/mol. The maximum absolute atomic E-state index is 11.8. The van der Waals surface area contributed by atoms with E-state index >= 15 is 0 Å². The second-order valence-corrected chi connectivity index (χ2v) is 5.64. The van der Waals surface area contributed by atoms with Crippen LogP contribution < -0.4 is 10.6 Å². The number of hydrogen-bond donors (Lipinski definition) is 2. The van der Waals surface area contributed by atoms with Gasteiger partial charge in [0, 0.05) is 16.1 Å². The Balaban J connectivity index is 1.57. The van der Waals surface area contributed by atoms with E-state index in [4.69, 9.17) is 4.52 Å². The van der Waals surface area contributed by atoms with Crippen LogP contribution in [0.2, 0.25) is 0 Å². The summed E-state index contributed by atoms with van der Waals surface area (Å²) in [6, 6.07) is 10.9. The van der Waals surface area contributed by atoms with Gasteiger partial charge in [0.25, 0.3) is 5.89 Å². The van der Waals surface area contributed by atoms with Gasteiger partial charge >= 0.3 is 6.03 Å². The van der Waals surface area contributed by atoms with Crippen LogP contribution in [0.1, 0.15) is 10.7 Å². The molecule has 0 aliphatic rings. The van der Waals surface area contributed by atoms with Crippen LogP contribution in [0.5, 0.6) is 0 Å². The van der Waals surface area contributed by atoms with Crippen LogP contribution in [0.15, 0.2) is 46.3 Å². The predicted molar refractivity (Wildman–Crippen MR) is 84.6 cm³/mol. The molecule has 0 aliphatic heterocycles. The van der Waals surface area contributed by atoms with Gasteiger partial charge in [0.05, 0.1) is 6.54 Å². The molecule has 0 saturated carbocycles. The van der Waals surface area contributed by atoms with Crippen LogP contribution in [-0.2, 0) is 6.54 Å². The van der Waals surface area contributed by atoms with Crippen LogP contribution in [0.25, 0.3) is 11.5 Å². The predicted octanol–water partition coefficient (Wildman–Crippen LogP) is 3.43. The number of aromatic nitrogens is 2. The van der Waals surface area contributed by atoms with Crippen molar-refractivity contribution in [2.45, 2.75) is 13.5 Å². The molecule has 2 heterocycles. The smallest absolute Gasteiger partial charge is 0.319 e. The highest BCUT2D eigenvalue weighted by atomic mass is 32.1. The monoisotopic (exact) mass is 314 g/mol. The zero-order valence-corrected chi connectivity index (χ0v) is 12.7. The minimum atomic E-state index is -0.241. The molecule has 0 aliphatic carbocycles. The van der Waals surface area contributed by atoms with Crippen LogP contribution in [-0.4, -0.2) is 16.2 Å². The van der Waals surface area contributed by atoms with Crippen LogP contribution >= 0.6 is 11.3 Å². The number of thiophene rings is 1. The molecular formula is C15H14N4O2S. The number of nitrogens with zero attached hydrogens (tertiary/aromatic N) is 2. The van der Waals surface area contributed by atoms with Crippen LogP contribution in [0.4, 0.5) is 10.5 Å². The van der Waals surface area contributed by atoms with Crippen molar-refractivity contribution >= 4 is 23.1 Å². The summed E-state index contributed by atoms with van der Waals surface area (Å²) in [6.07, 6.45) is 0. The fraction of sp³-hybridized carbons (Fsp3) is 0.133. The van der Waals surface area contributed by atoms with Crippen molar-refractivity contribution in [2.75, 3.05) is 5.32 Å². The standard InChI is InChI=1S/C15H14N4O2S/c1-10-17-14(21-19-10)11-4-6-12(7-5-11)18-15(20)16-9-13-3-2-8-22-13/h2-8H,9H2,1H3,(H2,16,18,20). The second kappa shape index (κ2) is 6.40. The molecule has 0 saturated heterocycles. The topological polar surface area (TPSA) is 80.0 Å². The fourth-order valence-corrected chi connectivity index (χ4v) is 2.51. The number of benzene rings is 1. The van der Waals surface area contributed by atoms with Gasteiger partial charge in [-0.2, -0.15) is 4.98 Å². The summed E-state index contributed by atoms with van der Waals surface area (Å²) in [5.74, 6) is 1.05. The van der Waals surface area contributed by atoms with E-state index in [1.54, 1.807) is 30.4 Å². The van der Waals surface area contributed by atoms with E-state index < -0.39 is 0 Å². The molecule has 0 radical (unpaired) electrons. The Labute approximate surface area is 131 Å². The van der Waals surface area contributed by atoms with Gasteiger partial charge < -0.3 is 15.2 Å². The lowest BCUT2D eigenvalue weighted by Crippen LogP contribution is -2.27. The van der Waals surface area contributed by atoms with Crippen molar-refractivity contribution in [2.24, 2.45) is 0 Å². The Kier molecular flexibility index (Phi) is 4.15. The summed E-state index contributed by atoms with van der Waals surface area (Å²) in [5.41, 5.74) is 1.51. The minimum absolute atomic E-state index is 0.241. The SMILES string of the molecule is Cc1noc(-c2ccc(NC(=O)NCc3cccs3)cc2)n1. The first-order chi connectivity index (χ1) is 10.7. The fourth-order valence-electron chi connectivity index (χ4n) is 1.87. The molecule has 2 amide bonds. The van der Waals surface area contributed by atoms with Gasteiger partial charge in [0.1, 0.15) is 0 Å². The highest BCUT2D eigenvalue weighted by Crippen LogP contribution is 2.19. The summed E-state index contributed by atoms with van der Waals surface area (Å²) in [4.78, 5) is 17.1. The zero-order chi connectivity index (χ0) is 15.4. The first-order valence-electron chi connectivity index (χ1n) is 6.69. The number of rotatable bonds is 4. The molecule has 3 rings (SSSR count). The maximum atomic E-state index is 11.8. The molecule has 3 aromatic rings. The van der Waals surface area contributed by atoms with Gasteiger partial charge in [-0.1, -0.05) is 11.2 Å². The average Bonchev–Trinajstić information content (AvgIpc) is 3.17. The Morgan fingerprint density at radius 1 is 1.27 bits per heavy atom. The zero-order valence-electron chi connectivity index (χ0n) is 11.9. The van der Waals surface area contributed by atoms with Gasteiger partial charge in [0.2, 0.25) is 0 Å². The van der Waals surface area contributed by atoms with E-state index in [2.05, 4.69) is 20.8 Å². The van der Waals surface area contributed by atoms with Gasteiger partial charge in [-0.15, -0.1) is 11.3 Å². The maximum Gasteiger partial charge on any atom is 0.319 e. The van der Waals surface area contributed by atoms with Crippen molar-refractivity contribution in [1.82, 2.24) is 15.5 Å². The average molecular weight is 314 g/mol. The lowest BCUT2D eigenvalue weighted by atomic mass is 10.2. The van der Waals surface area contributed by atoms with Crippen molar-refractivity contribution in [3.63, 3.8) is 0 Å². The third kappa shape index (κ3) is 3.50. The molecule has 0 spiro atoms. The van der Waals surface area contributed by atoms with Crippen molar-refractivity contribution in [3.05, 3.63) is 52.5 Å². The third-order valence-corrected chi connectivity index (χ3v) is 3.80. The molecule has 2 aromatic heterocycles. The molecule has 6 nitrogen and oxygen atoms in total. The Hall–Kier alpha value is -2.67. The van der Waals surface area contributed by atoms with Crippen molar-refractivity contribution in [1.29, 1.82) is 0 Å². The van der Waals surface area contributed by atoms with E-state index in [-0.39, 0.29) is 6.03 Å². The number of nitrogens with one attached hydrogen (secondary N) is 2. The number of carbonyl (C=O) groups excluding carboxylic acids is 1. The first kappa shape index (κ1) is 14.3. The normalized spacial score (nSPS) is 10.4. The van der Waals surface area contributed by atoms with E-state index in [1.165, 1.54) is 0 Å². The number of carbonyl (C=O) groups is 1. The molecule has 0 unspecified atom stereocenters. The highest BCUT2D eigenvalue weighted by Gasteiger charge is 2.07. The molecule has 0 atom stereocenters. The molecule has 0 bridgehead atoms.